The van der Waals surface area contributed by atoms with Crippen LogP contribution < -0.4 is 5.32 Å². The summed E-state index contributed by atoms with van der Waals surface area (Å²) in [6, 6.07) is 10.8. The third-order valence-corrected chi connectivity index (χ3v) is 4.52. The van der Waals surface area contributed by atoms with Crippen LogP contribution in [-0.2, 0) is 6.54 Å². The third-order valence-electron chi connectivity index (χ3n) is 4.52. The standard InChI is InChI=1S/C20H25N3/c1-16(14-19-10-6-12-21-19)23-13-7-11-20(23)17(2)22-15-18-8-4-3-5-9-18/h3-6,8-10,20,22H,1-2,7,11-15H2. The van der Waals surface area contributed by atoms with Gasteiger partial charge < -0.3 is 10.2 Å². The summed E-state index contributed by atoms with van der Waals surface area (Å²) in [5.41, 5.74) is 4.67. The first kappa shape index (κ1) is 15.6. The normalized spacial score (nSPS) is 19.7. The number of nitrogens with zero attached hydrogens (tertiary/aromatic N) is 2. The van der Waals surface area contributed by atoms with Gasteiger partial charge in [0, 0.05) is 36.6 Å². The number of benzene rings is 1. The first-order chi connectivity index (χ1) is 11.2. The Balaban J connectivity index is 1.56. The van der Waals surface area contributed by atoms with Crippen molar-refractivity contribution in [1.82, 2.24) is 10.2 Å². The molecule has 2 aliphatic rings. The Bertz CT molecular complexity index is 628. The van der Waals surface area contributed by atoms with Crippen molar-refractivity contribution < 1.29 is 0 Å². The number of allylic oxidation sites excluding steroid dienone is 2. The predicted octanol–water partition coefficient (Wildman–Crippen LogP) is 3.67. The highest BCUT2D eigenvalue weighted by molar-refractivity contribution is 5.97. The fourth-order valence-electron chi connectivity index (χ4n) is 3.27. The van der Waals surface area contributed by atoms with Crippen molar-refractivity contribution in [2.24, 2.45) is 4.99 Å². The van der Waals surface area contributed by atoms with Gasteiger partial charge >= 0.3 is 0 Å². The van der Waals surface area contributed by atoms with E-state index in [0.717, 1.165) is 49.6 Å². The fraction of sp³-hybridized carbons (Fsp3) is 0.350. The van der Waals surface area contributed by atoms with Crippen LogP contribution in [0.5, 0.6) is 0 Å². The van der Waals surface area contributed by atoms with E-state index in [9.17, 15) is 0 Å². The Labute approximate surface area is 139 Å². The van der Waals surface area contributed by atoms with Crippen LogP contribution in [0.25, 0.3) is 0 Å². The van der Waals surface area contributed by atoms with Crippen molar-refractivity contribution in [2.45, 2.75) is 31.8 Å². The van der Waals surface area contributed by atoms with E-state index in [1.807, 2.05) is 6.07 Å². The average Bonchev–Trinajstić information content (AvgIpc) is 3.24. The van der Waals surface area contributed by atoms with Gasteiger partial charge in [0.2, 0.25) is 0 Å². The molecule has 0 aromatic heterocycles. The molecule has 23 heavy (non-hydrogen) atoms. The van der Waals surface area contributed by atoms with E-state index in [0.29, 0.717) is 6.04 Å². The topological polar surface area (TPSA) is 27.6 Å². The van der Waals surface area contributed by atoms with E-state index in [4.69, 9.17) is 0 Å². The lowest BCUT2D eigenvalue weighted by atomic mass is 10.1. The van der Waals surface area contributed by atoms with Crippen molar-refractivity contribution in [3.8, 4) is 0 Å². The molecule has 0 bridgehead atoms. The molecule has 1 aromatic rings. The van der Waals surface area contributed by atoms with Crippen LogP contribution in [0.3, 0.4) is 0 Å². The predicted molar refractivity (Wildman–Crippen MR) is 97.3 cm³/mol. The van der Waals surface area contributed by atoms with Crippen LogP contribution in [0.1, 0.15) is 24.8 Å². The summed E-state index contributed by atoms with van der Waals surface area (Å²) in [5, 5.41) is 3.50. The van der Waals surface area contributed by atoms with E-state index in [2.05, 4.69) is 64.8 Å². The Morgan fingerprint density at radius 1 is 1.26 bits per heavy atom. The summed E-state index contributed by atoms with van der Waals surface area (Å²) in [7, 11) is 0. The second-order valence-electron chi connectivity index (χ2n) is 6.19. The lowest BCUT2D eigenvalue weighted by Crippen LogP contribution is -2.35. The molecule has 2 aliphatic heterocycles. The van der Waals surface area contributed by atoms with Crippen molar-refractivity contribution >= 4 is 5.71 Å². The minimum atomic E-state index is 0.345. The van der Waals surface area contributed by atoms with Gasteiger partial charge in [-0.3, -0.25) is 4.99 Å². The highest BCUT2D eigenvalue weighted by Crippen LogP contribution is 2.27. The molecule has 0 radical (unpaired) electrons. The number of likely N-dealkylation sites (tertiary alicyclic amines) is 1. The summed E-state index contributed by atoms with van der Waals surface area (Å²) >= 11 is 0. The minimum absolute atomic E-state index is 0.345. The summed E-state index contributed by atoms with van der Waals surface area (Å²) in [4.78, 5) is 6.87. The van der Waals surface area contributed by atoms with Gasteiger partial charge in [0.15, 0.2) is 0 Å². The van der Waals surface area contributed by atoms with Crippen LogP contribution >= 0.6 is 0 Å². The molecule has 3 heteroatoms. The fourth-order valence-corrected chi connectivity index (χ4v) is 3.27. The van der Waals surface area contributed by atoms with Gasteiger partial charge in [-0.25, -0.2) is 0 Å². The van der Waals surface area contributed by atoms with Gasteiger partial charge in [0.1, 0.15) is 0 Å². The van der Waals surface area contributed by atoms with Crippen LogP contribution in [0, 0.1) is 0 Å². The molecule has 0 saturated carbocycles. The molecule has 0 aliphatic carbocycles. The van der Waals surface area contributed by atoms with E-state index < -0.39 is 0 Å². The Kier molecular flexibility index (Phi) is 4.96. The maximum Gasteiger partial charge on any atom is 0.0680 e. The number of rotatable bonds is 7. The van der Waals surface area contributed by atoms with Crippen LogP contribution in [-0.4, -0.2) is 29.7 Å². The molecule has 0 spiro atoms. The number of nitrogens with one attached hydrogen (secondary N) is 1. The van der Waals surface area contributed by atoms with Crippen molar-refractivity contribution in [3.05, 3.63) is 72.6 Å². The van der Waals surface area contributed by atoms with Gasteiger partial charge in [-0.15, -0.1) is 0 Å². The molecule has 1 unspecified atom stereocenters. The molecule has 1 atom stereocenters. The quantitative estimate of drug-likeness (QED) is 0.832. The summed E-state index contributed by atoms with van der Waals surface area (Å²) < 4.78 is 0. The summed E-state index contributed by atoms with van der Waals surface area (Å²) in [6.07, 6.45) is 7.39. The van der Waals surface area contributed by atoms with E-state index in [-0.39, 0.29) is 0 Å². The average molecular weight is 307 g/mol. The number of hydrogen-bond donors (Lipinski definition) is 1. The molecule has 3 nitrogen and oxygen atoms in total. The van der Waals surface area contributed by atoms with Gasteiger partial charge in [-0.2, -0.15) is 0 Å². The first-order valence-electron chi connectivity index (χ1n) is 8.35. The largest absolute Gasteiger partial charge is 0.383 e. The SMILES string of the molecule is C=C(NCc1ccccc1)C1CCCN1C(=C)CC1=NCC=C1. The second kappa shape index (κ2) is 7.32. The molecule has 1 fully saturated rings. The monoisotopic (exact) mass is 307 g/mol. The second-order valence-corrected chi connectivity index (χ2v) is 6.19. The molecular formula is C20H25N3. The van der Waals surface area contributed by atoms with Gasteiger partial charge in [-0.1, -0.05) is 49.6 Å². The Morgan fingerprint density at radius 2 is 2.09 bits per heavy atom. The van der Waals surface area contributed by atoms with Crippen molar-refractivity contribution in [2.75, 3.05) is 13.1 Å². The molecule has 2 heterocycles. The van der Waals surface area contributed by atoms with E-state index in [1.54, 1.807) is 0 Å². The highest BCUT2D eigenvalue weighted by Gasteiger charge is 2.28. The van der Waals surface area contributed by atoms with Crippen LogP contribution in [0.2, 0.25) is 0 Å². The van der Waals surface area contributed by atoms with Crippen molar-refractivity contribution in [3.63, 3.8) is 0 Å². The Hall–Kier alpha value is -2.29. The van der Waals surface area contributed by atoms with Crippen LogP contribution in [0.4, 0.5) is 0 Å². The van der Waals surface area contributed by atoms with Gasteiger partial charge in [-0.05, 0) is 24.5 Å². The maximum absolute atomic E-state index is 4.47. The number of aliphatic imine (C=N–C) groups is 1. The van der Waals surface area contributed by atoms with Gasteiger partial charge in [0.05, 0.1) is 12.6 Å². The smallest absolute Gasteiger partial charge is 0.0680 e. The molecular weight excluding hydrogens is 282 g/mol. The molecule has 120 valence electrons. The minimum Gasteiger partial charge on any atom is -0.383 e. The zero-order chi connectivity index (χ0) is 16.1. The maximum atomic E-state index is 4.47. The lowest BCUT2D eigenvalue weighted by Gasteiger charge is -2.30. The molecule has 3 rings (SSSR count). The zero-order valence-electron chi connectivity index (χ0n) is 13.7. The summed E-state index contributed by atoms with van der Waals surface area (Å²) in [6.45, 7) is 11.3. The first-order valence-corrected chi connectivity index (χ1v) is 8.35. The number of hydrogen-bond acceptors (Lipinski definition) is 3. The third kappa shape index (κ3) is 3.92. The van der Waals surface area contributed by atoms with E-state index >= 15 is 0 Å². The zero-order valence-corrected chi connectivity index (χ0v) is 13.7. The highest BCUT2D eigenvalue weighted by atomic mass is 15.2. The van der Waals surface area contributed by atoms with E-state index in [1.165, 1.54) is 12.0 Å². The van der Waals surface area contributed by atoms with Crippen molar-refractivity contribution in [1.29, 1.82) is 0 Å². The molecule has 0 amide bonds. The van der Waals surface area contributed by atoms with Crippen LogP contribution in [0.15, 0.2) is 72.0 Å². The Morgan fingerprint density at radius 3 is 2.83 bits per heavy atom. The molecule has 1 N–H and O–H groups in total. The van der Waals surface area contributed by atoms with Gasteiger partial charge in [0.25, 0.3) is 0 Å². The summed E-state index contributed by atoms with van der Waals surface area (Å²) in [5.74, 6) is 0. The molecule has 1 saturated heterocycles. The molecule has 1 aromatic carbocycles. The lowest BCUT2D eigenvalue weighted by molar-refractivity contribution is 0.340.